The molecule has 0 amide bonds. The van der Waals surface area contributed by atoms with Crippen LogP contribution in [0, 0.1) is 0 Å². The van der Waals surface area contributed by atoms with Crippen LogP contribution in [0.1, 0.15) is 39.2 Å². The highest BCUT2D eigenvalue weighted by Gasteiger charge is 2.26. The number of benzene rings is 1. The summed E-state index contributed by atoms with van der Waals surface area (Å²) in [4.78, 5) is 10.8. The van der Waals surface area contributed by atoms with E-state index >= 15 is 0 Å². The summed E-state index contributed by atoms with van der Waals surface area (Å²) in [7, 11) is -3.58. The molecule has 0 saturated heterocycles. The second-order valence-corrected chi connectivity index (χ2v) is 7.09. The van der Waals surface area contributed by atoms with Gasteiger partial charge in [-0.2, -0.15) is 4.31 Å². The van der Waals surface area contributed by atoms with Crippen molar-refractivity contribution in [2.24, 2.45) is 0 Å². The van der Waals surface area contributed by atoms with Gasteiger partial charge in [-0.05, 0) is 44.4 Å². The van der Waals surface area contributed by atoms with Crippen molar-refractivity contribution in [3.63, 3.8) is 0 Å². The van der Waals surface area contributed by atoms with E-state index in [1.165, 1.54) is 4.31 Å². The summed E-state index contributed by atoms with van der Waals surface area (Å²) in [5, 5.41) is 8.67. The molecule has 1 N–H and O–H groups in total. The first-order chi connectivity index (χ1) is 9.78. The van der Waals surface area contributed by atoms with E-state index in [1.807, 2.05) is 19.1 Å². The van der Waals surface area contributed by atoms with Crippen LogP contribution in [0.5, 0.6) is 0 Å². The summed E-state index contributed by atoms with van der Waals surface area (Å²) in [6.07, 6.45) is 1.13. The molecule has 0 unspecified atom stereocenters. The molecule has 21 heavy (non-hydrogen) atoms. The molecule has 1 aromatic rings. The van der Waals surface area contributed by atoms with Crippen molar-refractivity contribution < 1.29 is 18.3 Å². The van der Waals surface area contributed by atoms with Crippen molar-refractivity contribution in [2.45, 2.75) is 51.0 Å². The lowest BCUT2D eigenvalue weighted by Gasteiger charge is -2.25. The Balaban J connectivity index is 2.95. The van der Waals surface area contributed by atoms with Gasteiger partial charge in [0.15, 0.2) is 0 Å². The van der Waals surface area contributed by atoms with Gasteiger partial charge >= 0.3 is 5.97 Å². The topological polar surface area (TPSA) is 74.7 Å². The Labute approximate surface area is 126 Å². The zero-order valence-electron chi connectivity index (χ0n) is 12.7. The van der Waals surface area contributed by atoms with Crippen LogP contribution in [0.2, 0.25) is 0 Å². The second kappa shape index (κ2) is 7.56. The van der Waals surface area contributed by atoms with E-state index in [1.54, 1.807) is 26.0 Å². The molecule has 0 heterocycles. The number of rotatable bonds is 8. The number of carboxylic acids is 1. The summed E-state index contributed by atoms with van der Waals surface area (Å²) < 4.78 is 26.6. The molecule has 0 aliphatic heterocycles. The molecule has 0 radical (unpaired) electrons. The third-order valence-electron chi connectivity index (χ3n) is 3.28. The summed E-state index contributed by atoms with van der Waals surface area (Å²) in [5.41, 5.74) is 1.08. The monoisotopic (exact) mass is 313 g/mol. The molecule has 0 spiro atoms. The van der Waals surface area contributed by atoms with Crippen LogP contribution in [0.25, 0.3) is 0 Å². The Bertz CT molecular complexity index is 564. The average Bonchev–Trinajstić information content (AvgIpc) is 2.42. The first kappa shape index (κ1) is 17.7. The van der Waals surface area contributed by atoms with Gasteiger partial charge in [0.25, 0.3) is 0 Å². The Kier molecular flexibility index (Phi) is 6.36. The average molecular weight is 313 g/mol. The van der Waals surface area contributed by atoms with Gasteiger partial charge < -0.3 is 5.11 Å². The fourth-order valence-corrected chi connectivity index (χ4v) is 3.75. The smallest absolute Gasteiger partial charge is 0.303 e. The highest BCUT2D eigenvalue weighted by Crippen LogP contribution is 2.19. The Hall–Kier alpha value is -1.40. The van der Waals surface area contributed by atoms with Crippen molar-refractivity contribution in [1.82, 2.24) is 4.31 Å². The molecule has 1 aromatic carbocycles. The van der Waals surface area contributed by atoms with Crippen molar-refractivity contribution in [3.8, 4) is 0 Å². The van der Waals surface area contributed by atoms with E-state index in [0.29, 0.717) is 6.42 Å². The molecule has 0 atom stereocenters. The highest BCUT2D eigenvalue weighted by molar-refractivity contribution is 7.89. The van der Waals surface area contributed by atoms with Crippen LogP contribution in [0.15, 0.2) is 29.2 Å². The Morgan fingerprint density at radius 2 is 1.81 bits per heavy atom. The van der Waals surface area contributed by atoms with Crippen LogP contribution in [-0.2, 0) is 21.2 Å². The minimum Gasteiger partial charge on any atom is -0.481 e. The molecule has 1 rings (SSSR count). The van der Waals surface area contributed by atoms with E-state index in [2.05, 4.69) is 0 Å². The fourth-order valence-electron chi connectivity index (χ4n) is 2.07. The molecule has 0 saturated carbocycles. The predicted octanol–water partition coefficient (Wildman–Crippen LogP) is 2.51. The van der Waals surface area contributed by atoms with Crippen molar-refractivity contribution >= 4 is 16.0 Å². The highest BCUT2D eigenvalue weighted by atomic mass is 32.2. The quantitative estimate of drug-likeness (QED) is 0.800. The molecule has 118 valence electrons. The lowest BCUT2D eigenvalue weighted by molar-refractivity contribution is -0.137. The zero-order chi connectivity index (χ0) is 16.0. The van der Waals surface area contributed by atoms with Crippen LogP contribution in [0.3, 0.4) is 0 Å². The molecule has 0 aliphatic rings. The van der Waals surface area contributed by atoms with Gasteiger partial charge in [-0.1, -0.05) is 19.1 Å². The van der Waals surface area contributed by atoms with Crippen LogP contribution in [0.4, 0.5) is 0 Å². The van der Waals surface area contributed by atoms with Crippen LogP contribution in [-0.4, -0.2) is 36.4 Å². The molecule has 0 aromatic heterocycles. The van der Waals surface area contributed by atoms with E-state index < -0.39 is 16.0 Å². The van der Waals surface area contributed by atoms with Gasteiger partial charge in [0.2, 0.25) is 10.0 Å². The number of nitrogens with zero attached hydrogens (tertiary/aromatic N) is 1. The van der Waals surface area contributed by atoms with Crippen molar-refractivity contribution in [1.29, 1.82) is 0 Å². The number of hydrogen-bond donors (Lipinski definition) is 1. The van der Waals surface area contributed by atoms with Gasteiger partial charge in [0, 0.05) is 19.0 Å². The number of carbonyl (C=O) groups is 1. The minimum absolute atomic E-state index is 0.0342. The lowest BCUT2D eigenvalue weighted by atomic mass is 10.2. The number of aryl methyl sites for hydroxylation is 1. The predicted molar refractivity (Wildman–Crippen MR) is 81.7 cm³/mol. The molecule has 0 aliphatic carbocycles. The van der Waals surface area contributed by atoms with Crippen molar-refractivity contribution in [2.75, 3.05) is 6.54 Å². The number of carboxylic acid groups (broad SMARTS) is 1. The third kappa shape index (κ3) is 4.82. The Morgan fingerprint density at radius 1 is 1.24 bits per heavy atom. The van der Waals surface area contributed by atoms with E-state index in [0.717, 1.165) is 12.0 Å². The standard InChI is InChI=1S/C15H23NO4S/c1-4-13-7-9-14(10-8-13)21(19,20)16(12(2)3)11-5-6-15(17)18/h7-10,12H,4-6,11H2,1-3H3,(H,17,18). The molecule has 0 bridgehead atoms. The molecule has 0 fully saturated rings. The first-order valence-electron chi connectivity index (χ1n) is 7.11. The van der Waals surface area contributed by atoms with Gasteiger partial charge in [-0.25, -0.2) is 8.42 Å². The molecule has 5 nitrogen and oxygen atoms in total. The summed E-state index contributed by atoms with van der Waals surface area (Å²) in [6.45, 7) is 5.80. The van der Waals surface area contributed by atoms with Crippen LogP contribution < -0.4 is 0 Å². The van der Waals surface area contributed by atoms with Crippen molar-refractivity contribution in [3.05, 3.63) is 29.8 Å². The SMILES string of the molecule is CCc1ccc(S(=O)(=O)N(CCCC(=O)O)C(C)C)cc1. The zero-order valence-corrected chi connectivity index (χ0v) is 13.6. The third-order valence-corrected chi connectivity index (χ3v) is 5.37. The Morgan fingerprint density at radius 3 is 2.24 bits per heavy atom. The summed E-state index contributed by atoms with van der Waals surface area (Å²) >= 11 is 0. The number of sulfonamides is 1. The first-order valence-corrected chi connectivity index (χ1v) is 8.55. The largest absolute Gasteiger partial charge is 0.481 e. The fraction of sp³-hybridized carbons (Fsp3) is 0.533. The van der Waals surface area contributed by atoms with Crippen LogP contribution >= 0.6 is 0 Å². The molecular weight excluding hydrogens is 290 g/mol. The summed E-state index contributed by atoms with van der Waals surface area (Å²) in [6, 6.07) is 6.63. The van der Waals surface area contributed by atoms with Gasteiger partial charge in [0.05, 0.1) is 4.90 Å². The normalized spacial score (nSPS) is 12.0. The number of aliphatic carboxylic acids is 1. The maximum atomic E-state index is 12.6. The number of hydrogen-bond acceptors (Lipinski definition) is 3. The molecule has 6 heteroatoms. The molecular formula is C15H23NO4S. The van der Waals surface area contributed by atoms with Gasteiger partial charge in [-0.15, -0.1) is 0 Å². The minimum atomic E-state index is -3.58. The lowest BCUT2D eigenvalue weighted by Crippen LogP contribution is -2.37. The van der Waals surface area contributed by atoms with E-state index in [-0.39, 0.29) is 23.9 Å². The van der Waals surface area contributed by atoms with E-state index in [9.17, 15) is 13.2 Å². The maximum Gasteiger partial charge on any atom is 0.303 e. The second-order valence-electron chi connectivity index (χ2n) is 5.20. The van der Waals surface area contributed by atoms with E-state index in [4.69, 9.17) is 5.11 Å². The van der Waals surface area contributed by atoms with Gasteiger partial charge in [-0.3, -0.25) is 4.79 Å². The maximum absolute atomic E-state index is 12.6. The summed E-state index contributed by atoms with van der Waals surface area (Å²) in [5.74, 6) is -0.914. The van der Waals surface area contributed by atoms with Gasteiger partial charge in [0.1, 0.15) is 0 Å².